The highest BCUT2D eigenvalue weighted by molar-refractivity contribution is 5.88. The molecule has 1 aliphatic rings. The lowest BCUT2D eigenvalue weighted by Crippen LogP contribution is -2.46. The Morgan fingerprint density at radius 1 is 1.30 bits per heavy atom. The maximum atomic E-state index is 12.4. The third kappa shape index (κ3) is 4.81. The molecule has 1 aromatic carbocycles. The van der Waals surface area contributed by atoms with E-state index in [1.165, 1.54) is 5.56 Å². The Kier molecular flexibility index (Phi) is 6.63. The van der Waals surface area contributed by atoms with Crippen molar-refractivity contribution in [3.05, 3.63) is 35.9 Å². The number of nitrogens with zero attached hydrogens (tertiary/aromatic N) is 1. The molecule has 2 atom stereocenters. The van der Waals surface area contributed by atoms with E-state index in [-0.39, 0.29) is 17.9 Å². The van der Waals surface area contributed by atoms with Gasteiger partial charge in [-0.1, -0.05) is 44.2 Å². The SMILES string of the molecule is CCCC(=O)N1CCC[C@H]1C(=O)NCC[C@H](C)c1ccccc1. The number of carbonyl (C=O) groups excluding carboxylic acids is 2. The van der Waals surface area contributed by atoms with E-state index in [0.29, 0.717) is 18.9 Å². The first-order chi connectivity index (χ1) is 11.1. The van der Waals surface area contributed by atoms with Gasteiger partial charge in [-0.3, -0.25) is 9.59 Å². The minimum absolute atomic E-state index is 0.00668. The molecule has 0 aromatic heterocycles. The van der Waals surface area contributed by atoms with Gasteiger partial charge in [0.15, 0.2) is 0 Å². The van der Waals surface area contributed by atoms with E-state index >= 15 is 0 Å². The number of benzene rings is 1. The van der Waals surface area contributed by atoms with Gasteiger partial charge in [0.2, 0.25) is 11.8 Å². The van der Waals surface area contributed by atoms with Crippen molar-refractivity contribution in [2.75, 3.05) is 13.1 Å². The van der Waals surface area contributed by atoms with Gasteiger partial charge in [0.1, 0.15) is 6.04 Å². The summed E-state index contributed by atoms with van der Waals surface area (Å²) in [6, 6.07) is 10.1. The molecular weight excluding hydrogens is 288 g/mol. The average molecular weight is 316 g/mol. The summed E-state index contributed by atoms with van der Waals surface area (Å²) in [5, 5.41) is 3.02. The first-order valence-corrected chi connectivity index (χ1v) is 8.75. The molecule has 1 N–H and O–H groups in total. The number of carbonyl (C=O) groups is 2. The van der Waals surface area contributed by atoms with E-state index in [2.05, 4.69) is 24.4 Å². The summed E-state index contributed by atoms with van der Waals surface area (Å²) in [5.74, 6) is 0.535. The van der Waals surface area contributed by atoms with Gasteiger partial charge >= 0.3 is 0 Å². The molecule has 0 aliphatic carbocycles. The van der Waals surface area contributed by atoms with Crippen LogP contribution in [-0.2, 0) is 9.59 Å². The highest BCUT2D eigenvalue weighted by Gasteiger charge is 2.33. The normalized spacial score (nSPS) is 18.7. The lowest BCUT2D eigenvalue weighted by Gasteiger charge is -2.24. The molecule has 2 amide bonds. The van der Waals surface area contributed by atoms with Crippen LogP contribution in [0, 0.1) is 0 Å². The van der Waals surface area contributed by atoms with Crippen LogP contribution in [-0.4, -0.2) is 35.8 Å². The van der Waals surface area contributed by atoms with E-state index in [0.717, 1.165) is 32.2 Å². The lowest BCUT2D eigenvalue weighted by atomic mass is 9.98. The number of likely N-dealkylation sites (tertiary alicyclic amines) is 1. The van der Waals surface area contributed by atoms with Crippen LogP contribution in [0.25, 0.3) is 0 Å². The first kappa shape index (κ1) is 17.5. The van der Waals surface area contributed by atoms with Crippen molar-refractivity contribution in [2.24, 2.45) is 0 Å². The monoisotopic (exact) mass is 316 g/mol. The highest BCUT2D eigenvalue weighted by Crippen LogP contribution is 2.20. The van der Waals surface area contributed by atoms with Crippen molar-refractivity contribution in [2.45, 2.75) is 57.9 Å². The van der Waals surface area contributed by atoms with Gasteiger partial charge in [0, 0.05) is 19.5 Å². The van der Waals surface area contributed by atoms with Crippen molar-refractivity contribution in [3.8, 4) is 0 Å². The fourth-order valence-corrected chi connectivity index (χ4v) is 3.17. The number of hydrogen-bond acceptors (Lipinski definition) is 2. The smallest absolute Gasteiger partial charge is 0.242 e. The molecule has 0 unspecified atom stereocenters. The van der Waals surface area contributed by atoms with Crippen LogP contribution in [0.5, 0.6) is 0 Å². The van der Waals surface area contributed by atoms with Crippen molar-refractivity contribution in [1.82, 2.24) is 10.2 Å². The zero-order valence-corrected chi connectivity index (χ0v) is 14.3. The topological polar surface area (TPSA) is 49.4 Å². The lowest BCUT2D eigenvalue weighted by molar-refractivity contribution is -0.138. The average Bonchev–Trinajstić information content (AvgIpc) is 3.05. The first-order valence-electron chi connectivity index (χ1n) is 8.75. The molecule has 0 saturated carbocycles. The zero-order chi connectivity index (χ0) is 16.7. The van der Waals surface area contributed by atoms with Gasteiger partial charge in [0.25, 0.3) is 0 Å². The molecule has 23 heavy (non-hydrogen) atoms. The van der Waals surface area contributed by atoms with Gasteiger partial charge < -0.3 is 10.2 Å². The molecular formula is C19H28N2O2. The fourth-order valence-electron chi connectivity index (χ4n) is 3.17. The van der Waals surface area contributed by atoms with Gasteiger partial charge in [-0.15, -0.1) is 0 Å². The second kappa shape index (κ2) is 8.70. The van der Waals surface area contributed by atoms with Crippen LogP contribution < -0.4 is 5.32 Å². The maximum absolute atomic E-state index is 12.4. The van der Waals surface area contributed by atoms with Crippen molar-refractivity contribution in [3.63, 3.8) is 0 Å². The van der Waals surface area contributed by atoms with E-state index in [1.54, 1.807) is 4.90 Å². The minimum Gasteiger partial charge on any atom is -0.354 e. The number of nitrogens with one attached hydrogen (secondary N) is 1. The molecule has 1 heterocycles. The predicted octanol–water partition coefficient (Wildman–Crippen LogP) is 3.09. The molecule has 2 rings (SSSR count). The van der Waals surface area contributed by atoms with Crippen molar-refractivity contribution in [1.29, 1.82) is 0 Å². The van der Waals surface area contributed by atoms with Crippen LogP contribution >= 0.6 is 0 Å². The predicted molar refractivity (Wildman–Crippen MR) is 92.1 cm³/mol. The van der Waals surface area contributed by atoms with Crippen LogP contribution in [0.15, 0.2) is 30.3 Å². The molecule has 4 heteroatoms. The Balaban J connectivity index is 1.79. The van der Waals surface area contributed by atoms with E-state index in [1.807, 2.05) is 25.1 Å². The summed E-state index contributed by atoms with van der Waals surface area (Å²) in [6.07, 6.45) is 3.99. The Morgan fingerprint density at radius 2 is 2.04 bits per heavy atom. The van der Waals surface area contributed by atoms with Gasteiger partial charge in [-0.05, 0) is 37.2 Å². The largest absolute Gasteiger partial charge is 0.354 e. The van der Waals surface area contributed by atoms with E-state index in [4.69, 9.17) is 0 Å². The molecule has 1 saturated heterocycles. The fraction of sp³-hybridized carbons (Fsp3) is 0.579. The van der Waals surface area contributed by atoms with Gasteiger partial charge in [-0.25, -0.2) is 0 Å². The Hall–Kier alpha value is -1.84. The second-order valence-corrected chi connectivity index (χ2v) is 6.39. The van der Waals surface area contributed by atoms with Crippen LogP contribution in [0.3, 0.4) is 0 Å². The standard InChI is InChI=1S/C19H28N2O2/c1-3-8-18(22)21-14-7-11-17(21)19(23)20-13-12-15(2)16-9-5-4-6-10-16/h4-6,9-10,15,17H,3,7-8,11-14H2,1-2H3,(H,20,23)/t15-,17-/m0/s1. The highest BCUT2D eigenvalue weighted by atomic mass is 16.2. The van der Waals surface area contributed by atoms with E-state index in [9.17, 15) is 9.59 Å². The van der Waals surface area contributed by atoms with Crippen LogP contribution in [0.4, 0.5) is 0 Å². The molecule has 1 aromatic rings. The van der Waals surface area contributed by atoms with Crippen LogP contribution in [0.2, 0.25) is 0 Å². The molecule has 1 aliphatic heterocycles. The third-order valence-corrected chi connectivity index (χ3v) is 4.58. The Bertz CT molecular complexity index is 515. The Morgan fingerprint density at radius 3 is 2.74 bits per heavy atom. The summed E-state index contributed by atoms with van der Waals surface area (Å²) < 4.78 is 0. The van der Waals surface area contributed by atoms with E-state index < -0.39 is 0 Å². The molecule has 4 nitrogen and oxygen atoms in total. The molecule has 126 valence electrons. The summed E-state index contributed by atoms with van der Waals surface area (Å²) in [5.41, 5.74) is 1.29. The number of amides is 2. The summed E-state index contributed by atoms with van der Waals surface area (Å²) in [7, 11) is 0. The number of hydrogen-bond donors (Lipinski definition) is 1. The van der Waals surface area contributed by atoms with Crippen LogP contribution in [0.1, 0.15) is 57.4 Å². The van der Waals surface area contributed by atoms with Gasteiger partial charge in [0.05, 0.1) is 0 Å². The third-order valence-electron chi connectivity index (χ3n) is 4.58. The molecule has 0 bridgehead atoms. The summed E-state index contributed by atoms with van der Waals surface area (Å²) in [6.45, 7) is 5.54. The van der Waals surface area contributed by atoms with Crippen molar-refractivity contribution < 1.29 is 9.59 Å². The minimum atomic E-state index is -0.263. The second-order valence-electron chi connectivity index (χ2n) is 6.39. The van der Waals surface area contributed by atoms with Crippen molar-refractivity contribution >= 4 is 11.8 Å². The summed E-state index contributed by atoms with van der Waals surface area (Å²) >= 11 is 0. The maximum Gasteiger partial charge on any atom is 0.242 e. The zero-order valence-electron chi connectivity index (χ0n) is 14.3. The molecule has 0 radical (unpaired) electrons. The quantitative estimate of drug-likeness (QED) is 0.840. The van der Waals surface area contributed by atoms with Gasteiger partial charge in [-0.2, -0.15) is 0 Å². The number of rotatable bonds is 7. The Labute approximate surface area is 139 Å². The molecule has 1 fully saturated rings. The summed E-state index contributed by atoms with van der Waals surface area (Å²) in [4.78, 5) is 26.2. The molecule has 0 spiro atoms.